The molecule has 0 aromatic rings. The van der Waals surface area contributed by atoms with Crippen molar-refractivity contribution in [2.75, 3.05) is 13.2 Å². The SMILES string of the molecule is CC(C)NC(=O)C(C)N1CCCCCC1CO. The monoisotopic (exact) mass is 242 g/mol. The van der Waals surface area contributed by atoms with Crippen molar-refractivity contribution in [3.63, 3.8) is 0 Å². The first-order valence-corrected chi connectivity index (χ1v) is 6.73. The van der Waals surface area contributed by atoms with Gasteiger partial charge >= 0.3 is 0 Å². The molecular formula is C13H26N2O2. The standard InChI is InChI=1S/C13H26N2O2/c1-10(2)14-13(17)11(3)15-8-6-4-5-7-12(15)9-16/h10-12,16H,4-9H2,1-3H3,(H,14,17). The molecular weight excluding hydrogens is 216 g/mol. The Labute approximate surface area is 104 Å². The second-order valence-electron chi connectivity index (χ2n) is 5.26. The fraction of sp³-hybridized carbons (Fsp3) is 0.923. The number of nitrogens with zero attached hydrogens (tertiary/aromatic N) is 1. The van der Waals surface area contributed by atoms with Gasteiger partial charge in [0.2, 0.25) is 5.91 Å². The maximum Gasteiger partial charge on any atom is 0.237 e. The van der Waals surface area contributed by atoms with Crippen molar-refractivity contribution in [3.05, 3.63) is 0 Å². The van der Waals surface area contributed by atoms with Crippen LogP contribution in [0.2, 0.25) is 0 Å². The van der Waals surface area contributed by atoms with Crippen LogP contribution in [0.15, 0.2) is 0 Å². The van der Waals surface area contributed by atoms with Crippen LogP contribution in [0.25, 0.3) is 0 Å². The number of nitrogens with one attached hydrogen (secondary N) is 1. The Hall–Kier alpha value is -0.610. The summed E-state index contributed by atoms with van der Waals surface area (Å²) < 4.78 is 0. The predicted molar refractivity (Wildman–Crippen MR) is 68.8 cm³/mol. The number of hydrogen-bond donors (Lipinski definition) is 2. The predicted octanol–water partition coefficient (Wildman–Crippen LogP) is 1.14. The van der Waals surface area contributed by atoms with Gasteiger partial charge in [-0.25, -0.2) is 0 Å². The number of aliphatic hydroxyl groups is 1. The number of hydrogen-bond acceptors (Lipinski definition) is 3. The van der Waals surface area contributed by atoms with Gasteiger partial charge in [-0.1, -0.05) is 12.8 Å². The molecule has 4 heteroatoms. The molecule has 0 spiro atoms. The summed E-state index contributed by atoms with van der Waals surface area (Å²) >= 11 is 0. The quantitative estimate of drug-likeness (QED) is 0.777. The van der Waals surface area contributed by atoms with E-state index in [9.17, 15) is 9.90 Å². The topological polar surface area (TPSA) is 52.6 Å². The van der Waals surface area contributed by atoms with Gasteiger partial charge in [-0.05, 0) is 40.2 Å². The number of aliphatic hydroxyl groups excluding tert-OH is 1. The molecule has 0 saturated carbocycles. The van der Waals surface area contributed by atoms with Gasteiger partial charge in [-0.15, -0.1) is 0 Å². The van der Waals surface area contributed by atoms with E-state index >= 15 is 0 Å². The highest BCUT2D eigenvalue weighted by Gasteiger charge is 2.28. The van der Waals surface area contributed by atoms with E-state index in [1.807, 2.05) is 20.8 Å². The van der Waals surface area contributed by atoms with Crippen LogP contribution in [-0.4, -0.2) is 47.2 Å². The highest BCUT2D eigenvalue weighted by molar-refractivity contribution is 5.81. The highest BCUT2D eigenvalue weighted by atomic mass is 16.3. The molecule has 1 saturated heterocycles. The van der Waals surface area contributed by atoms with Crippen LogP contribution in [0.1, 0.15) is 46.5 Å². The van der Waals surface area contributed by atoms with Gasteiger partial charge in [-0.3, -0.25) is 9.69 Å². The third-order valence-corrected chi connectivity index (χ3v) is 3.44. The first-order chi connectivity index (χ1) is 8.06. The summed E-state index contributed by atoms with van der Waals surface area (Å²) in [5, 5.41) is 12.4. The Morgan fingerprint density at radius 2 is 2.06 bits per heavy atom. The van der Waals surface area contributed by atoms with E-state index < -0.39 is 0 Å². The molecule has 2 unspecified atom stereocenters. The van der Waals surface area contributed by atoms with Crippen molar-refractivity contribution in [3.8, 4) is 0 Å². The number of likely N-dealkylation sites (tertiary alicyclic amines) is 1. The molecule has 2 atom stereocenters. The summed E-state index contributed by atoms with van der Waals surface area (Å²) in [6.45, 7) is 6.94. The van der Waals surface area contributed by atoms with Gasteiger partial charge in [0.1, 0.15) is 0 Å². The second-order valence-corrected chi connectivity index (χ2v) is 5.26. The van der Waals surface area contributed by atoms with Crippen molar-refractivity contribution in [2.24, 2.45) is 0 Å². The van der Waals surface area contributed by atoms with Crippen LogP contribution in [0.5, 0.6) is 0 Å². The summed E-state index contributed by atoms with van der Waals surface area (Å²) in [5.74, 6) is 0.0698. The van der Waals surface area contributed by atoms with E-state index in [0.29, 0.717) is 0 Å². The van der Waals surface area contributed by atoms with Gasteiger partial charge in [0.15, 0.2) is 0 Å². The number of carbonyl (C=O) groups excluding carboxylic acids is 1. The van der Waals surface area contributed by atoms with E-state index in [1.165, 1.54) is 6.42 Å². The van der Waals surface area contributed by atoms with Crippen LogP contribution in [0.4, 0.5) is 0 Å². The minimum atomic E-state index is -0.146. The first kappa shape index (κ1) is 14.5. The molecule has 1 fully saturated rings. The Morgan fingerprint density at radius 3 is 2.65 bits per heavy atom. The summed E-state index contributed by atoms with van der Waals surface area (Å²) in [5.41, 5.74) is 0. The number of rotatable bonds is 4. The highest BCUT2D eigenvalue weighted by Crippen LogP contribution is 2.19. The molecule has 0 aromatic heterocycles. The van der Waals surface area contributed by atoms with Crippen LogP contribution in [-0.2, 0) is 4.79 Å². The van der Waals surface area contributed by atoms with Crippen molar-refractivity contribution in [2.45, 2.75) is 64.6 Å². The lowest BCUT2D eigenvalue weighted by Crippen LogP contribution is -2.51. The van der Waals surface area contributed by atoms with E-state index in [-0.39, 0.29) is 30.6 Å². The third kappa shape index (κ3) is 4.28. The molecule has 100 valence electrons. The minimum Gasteiger partial charge on any atom is -0.395 e. The smallest absolute Gasteiger partial charge is 0.237 e. The molecule has 1 aliphatic rings. The summed E-state index contributed by atoms with van der Waals surface area (Å²) in [7, 11) is 0. The van der Waals surface area contributed by atoms with Crippen LogP contribution >= 0.6 is 0 Å². The zero-order chi connectivity index (χ0) is 12.8. The fourth-order valence-electron chi connectivity index (χ4n) is 2.46. The van der Waals surface area contributed by atoms with Crippen LogP contribution in [0, 0.1) is 0 Å². The molecule has 1 heterocycles. The first-order valence-electron chi connectivity index (χ1n) is 6.73. The lowest BCUT2D eigenvalue weighted by molar-refractivity contribution is -0.127. The molecule has 0 radical (unpaired) electrons. The molecule has 4 nitrogen and oxygen atoms in total. The minimum absolute atomic E-state index is 0.0698. The van der Waals surface area contributed by atoms with Crippen molar-refractivity contribution >= 4 is 5.91 Å². The van der Waals surface area contributed by atoms with Gasteiger partial charge in [0.05, 0.1) is 12.6 Å². The van der Waals surface area contributed by atoms with Gasteiger partial charge in [-0.2, -0.15) is 0 Å². The van der Waals surface area contributed by atoms with Crippen molar-refractivity contribution in [1.82, 2.24) is 10.2 Å². The molecule has 2 N–H and O–H groups in total. The Morgan fingerprint density at radius 1 is 1.35 bits per heavy atom. The summed E-state index contributed by atoms with van der Waals surface area (Å²) in [6.07, 6.45) is 4.47. The average molecular weight is 242 g/mol. The van der Waals surface area contributed by atoms with E-state index in [2.05, 4.69) is 10.2 Å². The van der Waals surface area contributed by atoms with E-state index in [0.717, 1.165) is 25.8 Å². The van der Waals surface area contributed by atoms with Crippen LogP contribution < -0.4 is 5.32 Å². The van der Waals surface area contributed by atoms with E-state index in [1.54, 1.807) is 0 Å². The molecule has 1 rings (SSSR count). The average Bonchev–Trinajstić information content (AvgIpc) is 2.51. The summed E-state index contributed by atoms with van der Waals surface area (Å²) in [4.78, 5) is 14.1. The molecule has 0 bridgehead atoms. The van der Waals surface area contributed by atoms with Gasteiger partial charge in [0.25, 0.3) is 0 Å². The summed E-state index contributed by atoms with van der Waals surface area (Å²) in [6, 6.07) is 0.169. The number of amides is 1. The maximum absolute atomic E-state index is 12.0. The molecule has 17 heavy (non-hydrogen) atoms. The maximum atomic E-state index is 12.0. The Kier molecular flexibility index (Phi) is 5.92. The largest absolute Gasteiger partial charge is 0.395 e. The third-order valence-electron chi connectivity index (χ3n) is 3.44. The number of carbonyl (C=O) groups is 1. The molecule has 0 aliphatic carbocycles. The second kappa shape index (κ2) is 6.97. The molecule has 1 aliphatic heterocycles. The normalized spacial score (nSPS) is 24.4. The molecule has 0 aromatic carbocycles. The fourth-order valence-corrected chi connectivity index (χ4v) is 2.46. The Balaban J connectivity index is 2.62. The molecule has 1 amide bonds. The van der Waals surface area contributed by atoms with Crippen molar-refractivity contribution in [1.29, 1.82) is 0 Å². The zero-order valence-electron chi connectivity index (χ0n) is 11.3. The Bertz CT molecular complexity index is 244. The van der Waals surface area contributed by atoms with Gasteiger partial charge in [0, 0.05) is 12.1 Å². The lowest BCUT2D eigenvalue weighted by atomic mass is 10.1. The van der Waals surface area contributed by atoms with E-state index in [4.69, 9.17) is 0 Å². The lowest BCUT2D eigenvalue weighted by Gasteiger charge is -2.33. The van der Waals surface area contributed by atoms with Gasteiger partial charge < -0.3 is 10.4 Å². The van der Waals surface area contributed by atoms with Crippen molar-refractivity contribution < 1.29 is 9.90 Å². The van der Waals surface area contributed by atoms with Crippen LogP contribution in [0.3, 0.4) is 0 Å². The zero-order valence-corrected chi connectivity index (χ0v) is 11.3.